The number of carboxylic acid groups (broad SMARTS) is 1. The lowest BCUT2D eigenvalue weighted by Gasteiger charge is -2.04. The normalized spacial score (nSPS) is 11.6. The second kappa shape index (κ2) is 9.80. The van der Waals surface area contributed by atoms with Gasteiger partial charge in [0.25, 0.3) is 0 Å². The molecule has 1 unspecified atom stereocenters. The van der Waals surface area contributed by atoms with Crippen LogP contribution in [-0.2, 0) is 11.2 Å². The van der Waals surface area contributed by atoms with Crippen LogP contribution in [0, 0.1) is 5.82 Å². The summed E-state index contributed by atoms with van der Waals surface area (Å²) in [6.45, 7) is 0. The van der Waals surface area contributed by atoms with Crippen molar-refractivity contribution in [3.05, 3.63) is 89.3 Å². The Hall–Kier alpha value is -2.80. The number of carbonyl (C=O) groups is 1. The van der Waals surface area contributed by atoms with Crippen molar-refractivity contribution in [1.29, 1.82) is 0 Å². The van der Waals surface area contributed by atoms with E-state index in [1.807, 2.05) is 48.5 Å². The Morgan fingerprint density at radius 3 is 2.27 bits per heavy atom. The van der Waals surface area contributed by atoms with Crippen LogP contribution in [0.1, 0.15) is 5.56 Å². The molecule has 4 nitrogen and oxygen atoms in total. The molecule has 7 heteroatoms. The lowest BCUT2D eigenvalue weighted by Crippen LogP contribution is -2.32. The van der Waals surface area contributed by atoms with Crippen molar-refractivity contribution in [2.45, 2.75) is 17.4 Å². The number of halogens is 2. The number of aliphatic carboxylic acids is 1. The van der Waals surface area contributed by atoms with E-state index in [1.54, 1.807) is 12.3 Å². The van der Waals surface area contributed by atoms with Crippen molar-refractivity contribution < 1.29 is 14.3 Å². The van der Waals surface area contributed by atoms with Gasteiger partial charge in [-0.15, -0.1) is 12.6 Å². The van der Waals surface area contributed by atoms with Crippen LogP contribution in [0.3, 0.4) is 0 Å². The van der Waals surface area contributed by atoms with Crippen molar-refractivity contribution in [1.82, 2.24) is 4.98 Å². The fourth-order valence-electron chi connectivity index (χ4n) is 2.94. The molecule has 0 aliphatic rings. The Bertz CT molecular complexity index is 1100. The van der Waals surface area contributed by atoms with Crippen molar-refractivity contribution in [3.63, 3.8) is 0 Å². The lowest BCUT2D eigenvalue weighted by molar-refractivity contribution is -0.138. The number of H-pyrrole nitrogens is 1. The molecule has 3 aromatic carbocycles. The number of benzene rings is 3. The Labute approximate surface area is 183 Å². The maximum absolute atomic E-state index is 13.0. The summed E-state index contributed by atoms with van der Waals surface area (Å²) in [5.74, 6) is -1.41. The first-order valence-corrected chi connectivity index (χ1v) is 9.95. The van der Waals surface area contributed by atoms with Crippen molar-refractivity contribution in [2.75, 3.05) is 0 Å². The van der Waals surface area contributed by atoms with Gasteiger partial charge < -0.3 is 15.8 Å². The standard InChI is InChI=1S/C12H9ClS.C11H11FN2O2/c13-11-5-1-9(2-6-11)10-3-7-12(14)8-4-10;12-7-1-2-10-8(4-7)6(5-14-10)3-9(13)11(15)16/h1-8,14H;1-2,4-5,9,14H,3,13H2,(H,15,16). The molecule has 0 spiro atoms. The van der Waals surface area contributed by atoms with Gasteiger partial charge >= 0.3 is 5.97 Å². The molecule has 154 valence electrons. The van der Waals surface area contributed by atoms with E-state index in [-0.39, 0.29) is 12.2 Å². The summed E-state index contributed by atoms with van der Waals surface area (Å²) < 4.78 is 13.0. The van der Waals surface area contributed by atoms with Crippen LogP contribution in [0.5, 0.6) is 0 Å². The third-order valence-electron chi connectivity index (χ3n) is 4.53. The summed E-state index contributed by atoms with van der Waals surface area (Å²) in [5.41, 5.74) is 9.26. The van der Waals surface area contributed by atoms with Gasteiger partial charge in [0.2, 0.25) is 0 Å². The molecule has 0 radical (unpaired) electrons. The quantitative estimate of drug-likeness (QED) is 0.312. The maximum atomic E-state index is 13.0. The van der Waals surface area contributed by atoms with E-state index in [0.29, 0.717) is 10.9 Å². The predicted octanol–water partition coefficient (Wildman–Crippen LogP) is 5.56. The van der Waals surface area contributed by atoms with Crippen LogP contribution in [0.15, 0.2) is 77.8 Å². The van der Waals surface area contributed by atoms with E-state index in [9.17, 15) is 9.18 Å². The van der Waals surface area contributed by atoms with Gasteiger partial charge in [-0.2, -0.15) is 0 Å². The third kappa shape index (κ3) is 5.63. The SMILES string of the molecule is NC(Cc1c[nH]c2ccc(F)cc12)C(=O)O.Sc1ccc(-c2ccc(Cl)cc2)cc1. The summed E-state index contributed by atoms with van der Waals surface area (Å²) >= 11 is 10.1. The first kappa shape index (κ1) is 21.9. The lowest BCUT2D eigenvalue weighted by atomic mass is 10.1. The number of rotatable bonds is 4. The second-order valence-electron chi connectivity index (χ2n) is 6.71. The highest BCUT2D eigenvalue weighted by Gasteiger charge is 2.14. The van der Waals surface area contributed by atoms with Crippen molar-refractivity contribution in [3.8, 4) is 11.1 Å². The predicted molar refractivity (Wildman–Crippen MR) is 122 cm³/mol. The number of thiol groups is 1. The number of nitrogens with two attached hydrogens (primary N) is 1. The van der Waals surface area contributed by atoms with E-state index < -0.39 is 12.0 Å². The average Bonchev–Trinajstić information content (AvgIpc) is 3.11. The van der Waals surface area contributed by atoms with Crippen LogP contribution in [0.4, 0.5) is 4.39 Å². The van der Waals surface area contributed by atoms with Gasteiger partial charge in [-0.25, -0.2) is 4.39 Å². The molecule has 0 saturated heterocycles. The van der Waals surface area contributed by atoms with E-state index in [0.717, 1.165) is 15.4 Å². The van der Waals surface area contributed by atoms with Crippen LogP contribution in [0.25, 0.3) is 22.0 Å². The summed E-state index contributed by atoms with van der Waals surface area (Å²) in [4.78, 5) is 14.5. The number of carboxylic acids is 1. The molecule has 0 bridgehead atoms. The van der Waals surface area contributed by atoms with Crippen molar-refractivity contribution in [2.24, 2.45) is 5.73 Å². The number of aromatic amines is 1. The topological polar surface area (TPSA) is 79.1 Å². The zero-order valence-electron chi connectivity index (χ0n) is 15.8. The van der Waals surface area contributed by atoms with Crippen LogP contribution in [0.2, 0.25) is 5.02 Å². The minimum absolute atomic E-state index is 0.179. The molecule has 4 rings (SSSR count). The zero-order valence-corrected chi connectivity index (χ0v) is 17.5. The summed E-state index contributed by atoms with van der Waals surface area (Å²) in [5, 5.41) is 10.1. The summed E-state index contributed by atoms with van der Waals surface area (Å²) in [7, 11) is 0. The highest BCUT2D eigenvalue weighted by atomic mass is 35.5. The Kier molecular flexibility index (Phi) is 7.15. The fourth-order valence-corrected chi connectivity index (χ4v) is 3.22. The molecule has 1 heterocycles. The largest absolute Gasteiger partial charge is 0.480 e. The molecular formula is C23H20ClFN2O2S. The molecule has 0 saturated carbocycles. The van der Waals surface area contributed by atoms with E-state index in [1.165, 1.54) is 23.3 Å². The van der Waals surface area contributed by atoms with Gasteiger partial charge in [0.1, 0.15) is 11.9 Å². The zero-order chi connectivity index (χ0) is 21.7. The molecule has 0 aliphatic carbocycles. The van der Waals surface area contributed by atoms with E-state index >= 15 is 0 Å². The summed E-state index contributed by atoms with van der Waals surface area (Å²) in [6.07, 6.45) is 1.84. The summed E-state index contributed by atoms with van der Waals surface area (Å²) in [6, 6.07) is 19.2. The average molecular weight is 443 g/mol. The van der Waals surface area contributed by atoms with Gasteiger partial charge in [-0.1, -0.05) is 35.9 Å². The number of nitrogens with one attached hydrogen (secondary N) is 1. The number of hydrogen-bond donors (Lipinski definition) is 4. The van der Waals surface area contributed by atoms with Gasteiger partial charge in [-0.3, -0.25) is 4.79 Å². The number of aromatic nitrogens is 1. The molecule has 30 heavy (non-hydrogen) atoms. The smallest absolute Gasteiger partial charge is 0.320 e. The van der Waals surface area contributed by atoms with Crippen LogP contribution in [-0.4, -0.2) is 22.1 Å². The van der Waals surface area contributed by atoms with Crippen molar-refractivity contribution >= 4 is 41.1 Å². The molecule has 0 aliphatic heterocycles. The Morgan fingerprint density at radius 2 is 1.67 bits per heavy atom. The van der Waals surface area contributed by atoms with Gasteiger partial charge in [0, 0.05) is 33.4 Å². The highest BCUT2D eigenvalue weighted by molar-refractivity contribution is 7.80. The van der Waals surface area contributed by atoms with E-state index in [2.05, 4.69) is 17.6 Å². The molecule has 4 N–H and O–H groups in total. The van der Waals surface area contributed by atoms with Gasteiger partial charge in [0.15, 0.2) is 0 Å². The molecule has 1 aromatic heterocycles. The second-order valence-corrected chi connectivity index (χ2v) is 7.66. The first-order chi connectivity index (χ1) is 14.3. The molecule has 1 atom stereocenters. The van der Waals surface area contributed by atoms with Crippen LogP contribution >= 0.6 is 24.2 Å². The molecule has 4 aromatic rings. The van der Waals surface area contributed by atoms with E-state index in [4.69, 9.17) is 22.4 Å². The fraction of sp³-hybridized carbons (Fsp3) is 0.0870. The number of hydrogen-bond acceptors (Lipinski definition) is 3. The third-order valence-corrected chi connectivity index (χ3v) is 5.08. The maximum Gasteiger partial charge on any atom is 0.320 e. The molecular weight excluding hydrogens is 423 g/mol. The first-order valence-electron chi connectivity index (χ1n) is 9.12. The Morgan fingerprint density at radius 1 is 1.07 bits per heavy atom. The molecule has 0 amide bonds. The number of fused-ring (bicyclic) bond motifs is 1. The van der Waals surface area contributed by atoms with Gasteiger partial charge in [-0.05, 0) is 59.2 Å². The minimum atomic E-state index is -1.06. The highest BCUT2D eigenvalue weighted by Crippen LogP contribution is 2.22. The minimum Gasteiger partial charge on any atom is -0.480 e. The molecule has 0 fully saturated rings. The Balaban J connectivity index is 0.000000172. The van der Waals surface area contributed by atoms with Crippen LogP contribution < -0.4 is 5.73 Å². The monoisotopic (exact) mass is 442 g/mol. The van der Waals surface area contributed by atoms with Gasteiger partial charge in [0.05, 0.1) is 0 Å².